The maximum atomic E-state index is 12.6. The molecular formula is C15H17N3O4. The molecule has 22 heavy (non-hydrogen) atoms. The molecule has 1 aromatic carbocycles. The van der Waals surface area contributed by atoms with Crippen LogP contribution in [-0.4, -0.2) is 37.6 Å². The molecule has 2 rings (SSSR count). The van der Waals surface area contributed by atoms with Gasteiger partial charge in [0.15, 0.2) is 11.5 Å². The molecule has 1 N–H and O–H groups in total. The second kappa shape index (κ2) is 5.93. The van der Waals surface area contributed by atoms with Crippen molar-refractivity contribution in [1.82, 2.24) is 10.2 Å². The van der Waals surface area contributed by atoms with E-state index in [4.69, 9.17) is 14.7 Å². The summed E-state index contributed by atoms with van der Waals surface area (Å²) >= 11 is 0. The van der Waals surface area contributed by atoms with Crippen LogP contribution in [0.2, 0.25) is 0 Å². The van der Waals surface area contributed by atoms with E-state index in [1.807, 2.05) is 6.07 Å². The topological polar surface area (TPSA) is 91.7 Å². The van der Waals surface area contributed by atoms with E-state index < -0.39 is 17.5 Å². The number of carbonyl (C=O) groups is 2. The average molecular weight is 303 g/mol. The lowest BCUT2D eigenvalue weighted by Gasteiger charge is -2.26. The highest BCUT2D eigenvalue weighted by atomic mass is 16.5. The number of amides is 3. The fraction of sp³-hybridized carbons (Fsp3) is 0.400. The van der Waals surface area contributed by atoms with Crippen LogP contribution < -0.4 is 14.8 Å². The molecule has 1 aliphatic rings. The van der Waals surface area contributed by atoms with E-state index in [0.717, 1.165) is 4.90 Å². The number of carbonyl (C=O) groups excluding carboxylic acids is 2. The molecule has 0 aliphatic carbocycles. The number of hydrogen-bond donors (Lipinski definition) is 1. The van der Waals surface area contributed by atoms with Gasteiger partial charge in [0.25, 0.3) is 5.91 Å². The Morgan fingerprint density at radius 1 is 1.27 bits per heavy atom. The van der Waals surface area contributed by atoms with E-state index in [-0.39, 0.29) is 6.54 Å². The molecule has 0 bridgehead atoms. The zero-order valence-electron chi connectivity index (χ0n) is 12.7. The fourth-order valence-electron chi connectivity index (χ4n) is 2.58. The summed E-state index contributed by atoms with van der Waals surface area (Å²) in [7, 11) is 3.02. The molecular weight excluding hydrogens is 286 g/mol. The third kappa shape index (κ3) is 2.22. The molecule has 7 heteroatoms. The van der Waals surface area contributed by atoms with Gasteiger partial charge in [-0.3, -0.25) is 4.79 Å². The highest BCUT2D eigenvalue weighted by Gasteiger charge is 2.51. The lowest BCUT2D eigenvalue weighted by Crippen LogP contribution is -2.43. The normalized spacial score (nSPS) is 20.5. The first kappa shape index (κ1) is 15.6. The summed E-state index contributed by atoms with van der Waals surface area (Å²) in [6.07, 6.45) is 0.356. The molecule has 3 amide bonds. The number of urea groups is 1. The Balaban J connectivity index is 2.51. The first-order valence-corrected chi connectivity index (χ1v) is 6.77. The minimum absolute atomic E-state index is 0.278. The second-order valence-electron chi connectivity index (χ2n) is 4.81. The standard InChI is InChI=1S/C15H17N3O4/c1-4-15(13(19)18(8-7-16)14(20)17-15)10-5-6-11(21-2)12(9-10)22-3/h5-6,9H,4,8H2,1-3H3,(H,17,20). The van der Waals surface area contributed by atoms with Crippen molar-refractivity contribution in [2.45, 2.75) is 18.9 Å². The van der Waals surface area contributed by atoms with Crippen LogP contribution in [0.1, 0.15) is 18.9 Å². The maximum Gasteiger partial charge on any atom is 0.326 e. The predicted octanol–water partition coefficient (Wildman–Crippen LogP) is 1.38. The summed E-state index contributed by atoms with van der Waals surface area (Å²) in [5.74, 6) is 0.561. The van der Waals surface area contributed by atoms with Gasteiger partial charge >= 0.3 is 6.03 Å². The van der Waals surface area contributed by atoms with E-state index in [1.54, 1.807) is 25.1 Å². The second-order valence-corrected chi connectivity index (χ2v) is 4.81. The van der Waals surface area contributed by atoms with Crippen LogP contribution in [0.4, 0.5) is 4.79 Å². The highest BCUT2D eigenvalue weighted by molar-refractivity contribution is 6.07. The Morgan fingerprint density at radius 2 is 1.95 bits per heavy atom. The minimum Gasteiger partial charge on any atom is -0.493 e. The average Bonchev–Trinajstić information content (AvgIpc) is 2.79. The summed E-state index contributed by atoms with van der Waals surface area (Å²) in [6.45, 7) is 1.52. The van der Waals surface area contributed by atoms with E-state index >= 15 is 0 Å². The zero-order chi connectivity index (χ0) is 16.3. The monoisotopic (exact) mass is 303 g/mol. The van der Waals surface area contributed by atoms with Crippen LogP contribution in [0.25, 0.3) is 0 Å². The fourth-order valence-corrected chi connectivity index (χ4v) is 2.58. The van der Waals surface area contributed by atoms with Crippen LogP contribution >= 0.6 is 0 Å². The molecule has 0 spiro atoms. The Labute approximate surface area is 128 Å². The first-order valence-electron chi connectivity index (χ1n) is 6.77. The van der Waals surface area contributed by atoms with Crippen LogP contribution in [0.5, 0.6) is 11.5 Å². The van der Waals surface area contributed by atoms with Crippen molar-refractivity contribution in [2.75, 3.05) is 20.8 Å². The Hall–Kier alpha value is -2.75. The van der Waals surface area contributed by atoms with Crippen LogP contribution in [-0.2, 0) is 10.3 Å². The maximum absolute atomic E-state index is 12.6. The van der Waals surface area contributed by atoms with Crippen molar-refractivity contribution in [3.05, 3.63) is 23.8 Å². The summed E-state index contributed by atoms with van der Waals surface area (Å²) in [6, 6.07) is 6.31. The van der Waals surface area contributed by atoms with Gasteiger partial charge in [-0.05, 0) is 24.1 Å². The molecule has 116 valence electrons. The van der Waals surface area contributed by atoms with E-state index in [9.17, 15) is 9.59 Å². The van der Waals surface area contributed by atoms with Crippen LogP contribution in [0.3, 0.4) is 0 Å². The van der Waals surface area contributed by atoms with Gasteiger partial charge < -0.3 is 14.8 Å². The number of methoxy groups -OCH3 is 2. The van der Waals surface area contributed by atoms with Crippen molar-refractivity contribution in [2.24, 2.45) is 0 Å². The summed E-state index contributed by atoms with van der Waals surface area (Å²) in [5.41, 5.74) is -0.598. The summed E-state index contributed by atoms with van der Waals surface area (Å²) in [5, 5.41) is 11.5. The van der Waals surface area contributed by atoms with Crippen molar-refractivity contribution in [1.29, 1.82) is 5.26 Å². The van der Waals surface area contributed by atoms with Crippen LogP contribution in [0, 0.1) is 11.3 Å². The lowest BCUT2D eigenvalue weighted by atomic mass is 9.87. The third-order valence-corrected chi connectivity index (χ3v) is 3.81. The van der Waals surface area contributed by atoms with Gasteiger partial charge in [-0.2, -0.15) is 5.26 Å². The molecule has 1 aromatic rings. The Morgan fingerprint density at radius 3 is 2.50 bits per heavy atom. The number of nitrogens with one attached hydrogen (secondary N) is 1. The SMILES string of the molecule is CCC1(c2ccc(OC)c(OC)c2)NC(=O)N(CC#N)C1=O. The van der Waals surface area contributed by atoms with Crippen molar-refractivity contribution >= 4 is 11.9 Å². The van der Waals surface area contributed by atoms with E-state index in [2.05, 4.69) is 5.32 Å². The smallest absolute Gasteiger partial charge is 0.326 e. The number of nitriles is 1. The largest absolute Gasteiger partial charge is 0.493 e. The molecule has 1 saturated heterocycles. The van der Waals surface area contributed by atoms with Gasteiger partial charge in [0.05, 0.1) is 20.3 Å². The quantitative estimate of drug-likeness (QED) is 0.655. The third-order valence-electron chi connectivity index (χ3n) is 3.81. The number of imide groups is 1. The molecule has 7 nitrogen and oxygen atoms in total. The number of ether oxygens (including phenoxy) is 2. The van der Waals surface area contributed by atoms with Gasteiger partial charge in [-0.25, -0.2) is 9.69 Å². The first-order chi connectivity index (χ1) is 10.5. The van der Waals surface area contributed by atoms with Crippen molar-refractivity contribution in [3.8, 4) is 17.6 Å². The predicted molar refractivity (Wildman–Crippen MR) is 77.4 cm³/mol. The number of hydrogen-bond acceptors (Lipinski definition) is 5. The van der Waals surface area contributed by atoms with Crippen molar-refractivity contribution < 1.29 is 19.1 Å². The van der Waals surface area contributed by atoms with Gasteiger partial charge in [0.1, 0.15) is 12.1 Å². The molecule has 0 radical (unpaired) electrons. The van der Waals surface area contributed by atoms with Crippen LogP contribution in [0.15, 0.2) is 18.2 Å². The Bertz CT molecular complexity index is 653. The molecule has 1 heterocycles. The molecule has 1 aliphatic heterocycles. The minimum atomic E-state index is -1.19. The highest BCUT2D eigenvalue weighted by Crippen LogP contribution is 2.37. The molecule has 1 atom stereocenters. The molecule has 0 aromatic heterocycles. The van der Waals surface area contributed by atoms with Gasteiger partial charge in [0.2, 0.25) is 0 Å². The number of rotatable bonds is 5. The van der Waals surface area contributed by atoms with E-state index in [0.29, 0.717) is 23.5 Å². The molecule has 1 unspecified atom stereocenters. The summed E-state index contributed by atoms with van der Waals surface area (Å²) in [4.78, 5) is 25.5. The summed E-state index contributed by atoms with van der Waals surface area (Å²) < 4.78 is 10.4. The molecule has 1 fully saturated rings. The van der Waals surface area contributed by atoms with Crippen molar-refractivity contribution in [3.63, 3.8) is 0 Å². The van der Waals surface area contributed by atoms with Gasteiger partial charge in [-0.1, -0.05) is 13.0 Å². The Kier molecular flexibility index (Phi) is 4.22. The zero-order valence-corrected chi connectivity index (χ0v) is 12.7. The van der Waals surface area contributed by atoms with Gasteiger partial charge in [0, 0.05) is 0 Å². The van der Waals surface area contributed by atoms with E-state index in [1.165, 1.54) is 14.2 Å². The molecule has 0 saturated carbocycles. The van der Waals surface area contributed by atoms with Gasteiger partial charge in [-0.15, -0.1) is 0 Å². The number of nitrogens with zero attached hydrogens (tertiary/aromatic N) is 2. The number of benzene rings is 1. The lowest BCUT2D eigenvalue weighted by molar-refractivity contribution is -0.131.